The first-order valence-corrected chi connectivity index (χ1v) is 15.1. The van der Waals surface area contributed by atoms with Gasteiger partial charge in [0.1, 0.15) is 5.54 Å². The molecule has 0 saturated heterocycles. The molecule has 5 aromatic carbocycles. The lowest BCUT2D eigenvalue weighted by Gasteiger charge is -2.37. The molecule has 6 aromatic rings. The summed E-state index contributed by atoms with van der Waals surface area (Å²) in [6.45, 7) is 0.631. The van der Waals surface area contributed by atoms with E-state index in [2.05, 4.69) is 99.7 Å². The summed E-state index contributed by atoms with van der Waals surface area (Å²) in [6.07, 6.45) is 5.66. The summed E-state index contributed by atoms with van der Waals surface area (Å²) in [5.41, 5.74) is 9.93. The summed E-state index contributed by atoms with van der Waals surface area (Å²) in [5.74, 6) is -0.246. The van der Waals surface area contributed by atoms with Crippen LogP contribution in [0.2, 0.25) is 0 Å². The van der Waals surface area contributed by atoms with Crippen LogP contribution in [0.5, 0.6) is 0 Å². The zero-order valence-electron chi connectivity index (χ0n) is 24.2. The smallest absolute Gasteiger partial charge is 0.269 e. The highest BCUT2D eigenvalue weighted by Gasteiger charge is 2.38. The molecule has 0 aliphatic rings. The quantitative estimate of drug-likeness (QED) is 0.0759. The van der Waals surface area contributed by atoms with Gasteiger partial charge in [0.15, 0.2) is 5.11 Å². The number of amides is 1. The van der Waals surface area contributed by atoms with E-state index in [0.29, 0.717) is 17.2 Å². The molecule has 3 N–H and O–H groups in total. The van der Waals surface area contributed by atoms with E-state index in [1.165, 1.54) is 0 Å². The van der Waals surface area contributed by atoms with E-state index in [0.717, 1.165) is 46.0 Å². The fraction of sp³-hybridized carbons (Fsp3) is 0.108. The number of aryl methyl sites for hydroxylation is 1. The molecule has 1 aromatic heterocycles. The summed E-state index contributed by atoms with van der Waals surface area (Å²) in [4.78, 5) is 17.4. The molecule has 6 nitrogen and oxygen atoms in total. The van der Waals surface area contributed by atoms with Crippen LogP contribution in [-0.2, 0) is 12.0 Å². The van der Waals surface area contributed by atoms with Gasteiger partial charge in [-0.15, -0.1) is 0 Å². The minimum atomic E-state index is -0.581. The predicted molar refractivity (Wildman–Crippen MR) is 180 cm³/mol. The minimum absolute atomic E-state index is 0.246. The number of hydrogen-bond acceptors (Lipinski definition) is 3. The molecular formula is C37H33N5OS. The van der Waals surface area contributed by atoms with E-state index >= 15 is 0 Å². The van der Waals surface area contributed by atoms with Crippen LogP contribution in [0.15, 0.2) is 146 Å². The third-order valence-corrected chi connectivity index (χ3v) is 8.04. The first-order valence-electron chi connectivity index (χ1n) is 14.7. The number of benzene rings is 5. The molecule has 0 atom stereocenters. The second kappa shape index (κ2) is 13.4. The van der Waals surface area contributed by atoms with E-state index in [1.54, 1.807) is 6.07 Å². The summed E-state index contributed by atoms with van der Waals surface area (Å²) < 4.78 is 2.23. The van der Waals surface area contributed by atoms with E-state index in [4.69, 9.17) is 17.2 Å². The van der Waals surface area contributed by atoms with Gasteiger partial charge >= 0.3 is 0 Å². The van der Waals surface area contributed by atoms with Crippen molar-refractivity contribution in [2.24, 2.45) is 0 Å². The molecule has 0 unspecified atom stereocenters. The minimum Gasteiger partial charge on any atom is -0.361 e. The Bertz CT molecular complexity index is 1760. The molecule has 0 spiro atoms. The Hall–Kier alpha value is -5.27. The zero-order chi connectivity index (χ0) is 30.2. The largest absolute Gasteiger partial charge is 0.361 e. The van der Waals surface area contributed by atoms with E-state index in [1.807, 2.05) is 60.9 Å². The van der Waals surface area contributed by atoms with Crippen LogP contribution >= 0.6 is 12.2 Å². The summed E-state index contributed by atoms with van der Waals surface area (Å²) in [6, 6.07) is 45.2. The molecule has 0 aliphatic carbocycles. The average Bonchev–Trinajstić information content (AvgIpc) is 3.56. The van der Waals surface area contributed by atoms with Gasteiger partial charge in [-0.25, -0.2) is 4.98 Å². The van der Waals surface area contributed by atoms with Crippen molar-refractivity contribution in [2.75, 3.05) is 6.54 Å². The first kappa shape index (κ1) is 28.8. The van der Waals surface area contributed by atoms with Crippen LogP contribution in [0.1, 0.15) is 39.2 Å². The van der Waals surface area contributed by atoms with Crippen molar-refractivity contribution in [3.05, 3.63) is 174 Å². The molecule has 0 radical (unpaired) electrons. The second-order valence-electron chi connectivity index (χ2n) is 10.6. The molecule has 218 valence electrons. The number of hydrogen-bond donors (Lipinski definition) is 3. The molecule has 44 heavy (non-hydrogen) atoms. The zero-order valence-corrected chi connectivity index (χ0v) is 25.0. The summed E-state index contributed by atoms with van der Waals surface area (Å²) in [5, 5.41) is 5.64. The number of carbonyl (C=O) groups excluding carboxylic acids is 1. The first-order chi connectivity index (χ1) is 21.6. The van der Waals surface area contributed by atoms with Crippen LogP contribution in [0.25, 0.3) is 10.8 Å². The maximum absolute atomic E-state index is 12.6. The van der Waals surface area contributed by atoms with Crippen LogP contribution in [0, 0.1) is 0 Å². The SMILES string of the molecule is O=C(NNC(=S)NCCCc1cn(C(c2ccccc2)(c2ccccc2)c2ccccc2)cn1)c1ccc2ccccc2c1. The topological polar surface area (TPSA) is 71.0 Å². The van der Waals surface area contributed by atoms with E-state index < -0.39 is 5.54 Å². The normalized spacial score (nSPS) is 11.2. The van der Waals surface area contributed by atoms with Crippen molar-refractivity contribution < 1.29 is 4.79 Å². The van der Waals surface area contributed by atoms with Gasteiger partial charge < -0.3 is 9.88 Å². The maximum Gasteiger partial charge on any atom is 0.269 e. The monoisotopic (exact) mass is 595 g/mol. The van der Waals surface area contributed by atoms with Gasteiger partial charge in [-0.3, -0.25) is 15.6 Å². The highest BCUT2D eigenvalue weighted by Crippen LogP contribution is 2.40. The van der Waals surface area contributed by atoms with E-state index in [-0.39, 0.29) is 5.91 Å². The molecule has 7 heteroatoms. The number of carbonyl (C=O) groups is 1. The van der Waals surface area contributed by atoms with Crippen LogP contribution < -0.4 is 16.2 Å². The van der Waals surface area contributed by atoms with Crippen LogP contribution in [0.4, 0.5) is 0 Å². The van der Waals surface area contributed by atoms with Crippen molar-refractivity contribution in [1.29, 1.82) is 0 Å². The number of aromatic nitrogens is 2. The number of thiocarbonyl (C=S) groups is 1. The lowest BCUT2D eigenvalue weighted by Crippen LogP contribution is -2.47. The Labute approximate surface area is 262 Å². The van der Waals surface area contributed by atoms with Crippen molar-refractivity contribution >= 4 is 34.0 Å². The van der Waals surface area contributed by atoms with E-state index in [9.17, 15) is 4.79 Å². The van der Waals surface area contributed by atoms with Gasteiger partial charge in [-0.1, -0.05) is 121 Å². The Kier molecular flexibility index (Phi) is 8.75. The molecule has 1 amide bonds. The third-order valence-electron chi connectivity index (χ3n) is 7.79. The Morgan fingerprint density at radius 1 is 0.705 bits per heavy atom. The van der Waals surface area contributed by atoms with Crippen molar-refractivity contribution in [3.63, 3.8) is 0 Å². The van der Waals surface area contributed by atoms with Crippen molar-refractivity contribution in [2.45, 2.75) is 18.4 Å². The van der Waals surface area contributed by atoms with Crippen LogP contribution in [0.3, 0.4) is 0 Å². The van der Waals surface area contributed by atoms with Gasteiger partial charge in [-0.05, 0) is 64.7 Å². The number of hydrazine groups is 1. The van der Waals surface area contributed by atoms with Gasteiger partial charge in [0.2, 0.25) is 0 Å². The fourth-order valence-electron chi connectivity index (χ4n) is 5.69. The molecule has 1 heterocycles. The number of imidazole rings is 1. The van der Waals surface area contributed by atoms with Gasteiger partial charge in [0.05, 0.1) is 12.0 Å². The molecule has 0 bridgehead atoms. The lowest BCUT2D eigenvalue weighted by molar-refractivity contribution is 0.0944. The molecule has 0 aliphatic heterocycles. The highest BCUT2D eigenvalue weighted by molar-refractivity contribution is 7.80. The van der Waals surface area contributed by atoms with Crippen molar-refractivity contribution in [3.8, 4) is 0 Å². The highest BCUT2D eigenvalue weighted by atomic mass is 32.1. The predicted octanol–water partition coefficient (Wildman–Crippen LogP) is 6.62. The average molecular weight is 596 g/mol. The Morgan fingerprint density at radius 2 is 1.27 bits per heavy atom. The standard InChI is InChI=1S/C37H33N5OS/c43-35(30-23-22-28-13-10-11-14-29(28)25-30)40-41-36(44)38-24-12-21-34-26-42(27-39-34)37(31-15-4-1-5-16-31,32-17-6-2-7-18-32)33-19-8-3-9-20-33/h1-11,13-20,22-23,25-27H,12,21,24H2,(H,40,43)(H2,38,41,44). The van der Waals surface area contributed by atoms with Gasteiger partial charge in [0, 0.05) is 18.3 Å². The molecule has 6 rings (SSSR count). The molecular weight excluding hydrogens is 563 g/mol. The second-order valence-corrected chi connectivity index (χ2v) is 11.0. The van der Waals surface area contributed by atoms with Gasteiger partial charge in [-0.2, -0.15) is 0 Å². The molecule has 0 saturated carbocycles. The Balaban J connectivity index is 1.10. The lowest BCUT2D eigenvalue weighted by atomic mass is 9.77. The maximum atomic E-state index is 12.6. The number of nitrogens with one attached hydrogen (secondary N) is 3. The third kappa shape index (κ3) is 6.09. The molecule has 0 fully saturated rings. The Morgan fingerprint density at radius 3 is 1.89 bits per heavy atom. The number of fused-ring (bicyclic) bond motifs is 1. The summed E-state index contributed by atoms with van der Waals surface area (Å²) >= 11 is 5.39. The number of rotatable bonds is 9. The fourth-order valence-corrected chi connectivity index (χ4v) is 5.85. The van der Waals surface area contributed by atoms with Crippen molar-refractivity contribution in [1.82, 2.24) is 25.7 Å². The van der Waals surface area contributed by atoms with Gasteiger partial charge in [0.25, 0.3) is 5.91 Å². The summed E-state index contributed by atoms with van der Waals surface area (Å²) in [7, 11) is 0. The number of nitrogens with zero attached hydrogens (tertiary/aromatic N) is 2. The van der Waals surface area contributed by atoms with Crippen LogP contribution in [-0.4, -0.2) is 27.1 Å².